The first kappa shape index (κ1) is 13.8. The summed E-state index contributed by atoms with van der Waals surface area (Å²) in [7, 11) is 0. The maximum absolute atomic E-state index is 8.75. The zero-order chi connectivity index (χ0) is 14.4. The van der Waals surface area contributed by atoms with E-state index >= 15 is 0 Å². The van der Waals surface area contributed by atoms with E-state index in [1.54, 1.807) is 30.3 Å². The number of ether oxygens (including phenoxy) is 1. The van der Waals surface area contributed by atoms with Gasteiger partial charge in [0.1, 0.15) is 5.75 Å². The molecule has 102 valence electrons. The summed E-state index contributed by atoms with van der Waals surface area (Å²) in [6.07, 6.45) is 1.00. The van der Waals surface area contributed by atoms with E-state index in [4.69, 9.17) is 10.00 Å². The van der Waals surface area contributed by atoms with Crippen LogP contribution < -0.4 is 10.1 Å². The van der Waals surface area contributed by atoms with E-state index in [-0.39, 0.29) is 0 Å². The van der Waals surface area contributed by atoms with E-state index in [2.05, 4.69) is 28.3 Å². The van der Waals surface area contributed by atoms with Crippen LogP contribution in [-0.2, 0) is 0 Å². The summed E-state index contributed by atoms with van der Waals surface area (Å²) in [5.41, 5.74) is 1.43. The van der Waals surface area contributed by atoms with Crippen LogP contribution in [0, 0.1) is 18.3 Å². The van der Waals surface area contributed by atoms with Gasteiger partial charge in [0.05, 0.1) is 11.6 Å². The summed E-state index contributed by atoms with van der Waals surface area (Å²) in [5.74, 6) is 1.69. The van der Waals surface area contributed by atoms with E-state index in [9.17, 15) is 0 Å². The quantitative estimate of drug-likeness (QED) is 0.901. The lowest BCUT2D eigenvalue weighted by Gasteiger charge is -2.08. The van der Waals surface area contributed by atoms with Crippen LogP contribution in [0.25, 0.3) is 0 Å². The van der Waals surface area contributed by atoms with Gasteiger partial charge in [0.25, 0.3) is 0 Å². The molecule has 0 aliphatic carbocycles. The molecule has 1 N–H and O–H groups in total. The van der Waals surface area contributed by atoms with Gasteiger partial charge in [-0.1, -0.05) is 6.92 Å². The summed E-state index contributed by atoms with van der Waals surface area (Å²) in [5, 5.41) is 11.9. The summed E-state index contributed by atoms with van der Waals surface area (Å²) in [4.78, 5) is 8.59. The highest BCUT2D eigenvalue weighted by atomic mass is 16.5. The number of hydrogen-bond donors (Lipinski definition) is 1. The molecule has 0 aliphatic heterocycles. The molecule has 0 amide bonds. The Kier molecular flexibility index (Phi) is 4.51. The minimum absolute atomic E-state index is 0.487. The second kappa shape index (κ2) is 6.53. The normalized spacial score (nSPS) is 9.85. The van der Waals surface area contributed by atoms with Gasteiger partial charge in [0.2, 0.25) is 11.8 Å². The van der Waals surface area contributed by atoms with Crippen molar-refractivity contribution in [1.29, 1.82) is 5.26 Å². The van der Waals surface area contributed by atoms with Crippen LogP contribution in [0.15, 0.2) is 30.3 Å². The predicted octanol–water partition coefficient (Wildman–Crippen LogP) is 3.27. The van der Waals surface area contributed by atoms with Crippen molar-refractivity contribution in [3.63, 3.8) is 0 Å². The number of aromatic nitrogens is 2. The summed E-state index contributed by atoms with van der Waals surface area (Å²) in [6, 6.07) is 10.7. The van der Waals surface area contributed by atoms with E-state index in [0.29, 0.717) is 23.1 Å². The first-order valence-electron chi connectivity index (χ1n) is 6.49. The molecule has 0 radical (unpaired) electrons. The van der Waals surface area contributed by atoms with Gasteiger partial charge in [0.15, 0.2) is 0 Å². The lowest BCUT2D eigenvalue weighted by atomic mass is 10.2. The highest BCUT2D eigenvalue weighted by molar-refractivity contribution is 5.37. The average molecular weight is 268 g/mol. The fourth-order valence-corrected chi connectivity index (χ4v) is 1.63. The molecule has 5 nitrogen and oxygen atoms in total. The number of aryl methyl sites for hydroxylation is 1. The fourth-order valence-electron chi connectivity index (χ4n) is 1.63. The topological polar surface area (TPSA) is 70.8 Å². The molecule has 1 aromatic carbocycles. The standard InChI is InChI=1S/C15H16N4O/c1-3-8-17-15-18-11(2)9-14(19-15)20-13-6-4-12(10-16)5-7-13/h4-7,9H,3,8H2,1-2H3,(H,17,18,19). The van der Waals surface area contributed by atoms with Crippen molar-refractivity contribution in [2.45, 2.75) is 20.3 Å². The molecule has 2 aromatic rings. The Morgan fingerprint density at radius 2 is 2.00 bits per heavy atom. The van der Waals surface area contributed by atoms with Gasteiger partial charge in [0, 0.05) is 18.3 Å². The van der Waals surface area contributed by atoms with Crippen LogP contribution in [0.2, 0.25) is 0 Å². The van der Waals surface area contributed by atoms with Crippen LogP contribution in [0.4, 0.5) is 5.95 Å². The zero-order valence-electron chi connectivity index (χ0n) is 11.6. The number of hydrogen-bond acceptors (Lipinski definition) is 5. The van der Waals surface area contributed by atoms with Crippen molar-refractivity contribution < 1.29 is 4.74 Å². The molecule has 0 spiro atoms. The first-order chi connectivity index (χ1) is 9.71. The zero-order valence-corrected chi connectivity index (χ0v) is 11.6. The molecule has 0 atom stereocenters. The van der Waals surface area contributed by atoms with Gasteiger partial charge in [-0.25, -0.2) is 4.98 Å². The maximum atomic E-state index is 8.75. The summed E-state index contributed by atoms with van der Waals surface area (Å²) in [6.45, 7) is 4.79. The van der Waals surface area contributed by atoms with Crippen molar-refractivity contribution in [1.82, 2.24) is 9.97 Å². The molecular formula is C15H16N4O. The third-order valence-corrected chi connectivity index (χ3v) is 2.57. The van der Waals surface area contributed by atoms with E-state index in [0.717, 1.165) is 18.7 Å². The Morgan fingerprint density at radius 3 is 2.65 bits per heavy atom. The Labute approximate surface area is 118 Å². The molecule has 0 bridgehead atoms. The molecule has 0 saturated heterocycles. The van der Waals surface area contributed by atoms with Gasteiger partial charge in [-0.05, 0) is 37.6 Å². The van der Waals surface area contributed by atoms with Crippen LogP contribution in [0.1, 0.15) is 24.6 Å². The number of anilines is 1. The number of nitrogens with zero attached hydrogens (tertiary/aromatic N) is 3. The second-order valence-electron chi connectivity index (χ2n) is 4.34. The third kappa shape index (κ3) is 3.69. The third-order valence-electron chi connectivity index (χ3n) is 2.57. The lowest BCUT2D eigenvalue weighted by molar-refractivity contribution is 0.461. The molecule has 1 aromatic heterocycles. The number of nitrogens with one attached hydrogen (secondary N) is 1. The van der Waals surface area contributed by atoms with Gasteiger partial charge in [-0.3, -0.25) is 0 Å². The number of rotatable bonds is 5. The van der Waals surface area contributed by atoms with Crippen molar-refractivity contribution in [2.75, 3.05) is 11.9 Å². The van der Waals surface area contributed by atoms with Crippen molar-refractivity contribution in [2.24, 2.45) is 0 Å². The molecule has 20 heavy (non-hydrogen) atoms. The Bertz CT molecular complexity index is 617. The summed E-state index contributed by atoms with van der Waals surface area (Å²) < 4.78 is 5.68. The molecule has 2 rings (SSSR count). The van der Waals surface area contributed by atoms with Crippen molar-refractivity contribution in [3.05, 3.63) is 41.6 Å². The molecule has 0 unspecified atom stereocenters. The highest BCUT2D eigenvalue weighted by Crippen LogP contribution is 2.21. The molecule has 0 fully saturated rings. The van der Waals surface area contributed by atoms with Crippen LogP contribution in [-0.4, -0.2) is 16.5 Å². The Hall–Kier alpha value is -2.61. The number of benzene rings is 1. The number of nitriles is 1. The van der Waals surface area contributed by atoms with Crippen molar-refractivity contribution in [3.8, 4) is 17.7 Å². The predicted molar refractivity (Wildman–Crippen MR) is 76.8 cm³/mol. The Balaban J connectivity index is 2.15. The van der Waals surface area contributed by atoms with E-state index in [1.807, 2.05) is 6.92 Å². The first-order valence-corrected chi connectivity index (χ1v) is 6.49. The minimum Gasteiger partial charge on any atom is -0.439 e. The van der Waals surface area contributed by atoms with Gasteiger partial charge in [-0.15, -0.1) is 0 Å². The molecule has 0 aliphatic rings. The maximum Gasteiger partial charge on any atom is 0.226 e. The Morgan fingerprint density at radius 1 is 1.25 bits per heavy atom. The minimum atomic E-state index is 0.487. The highest BCUT2D eigenvalue weighted by Gasteiger charge is 2.04. The monoisotopic (exact) mass is 268 g/mol. The largest absolute Gasteiger partial charge is 0.439 e. The molecule has 0 saturated carbocycles. The van der Waals surface area contributed by atoms with E-state index < -0.39 is 0 Å². The fraction of sp³-hybridized carbons (Fsp3) is 0.267. The van der Waals surface area contributed by atoms with Crippen LogP contribution >= 0.6 is 0 Å². The van der Waals surface area contributed by atoms with Gasteiger partial charge >= 0.3 is 0 Å². The SMILES string of the molecule is CCCNc1nc(C)cc(Oc2ccc(C#N)cc2)n1. The van der Waals surface area contributed by atoms with Gasteiger partial charge < -0.3 is 10.1 Å². The molecule has 1 heterocycles. The van der Waals surface area contributed by atoms with Crippen LogP contribution in [0.5, 0.6) is 11.6 Å². The second-order valence-corrected chi connectivity index (χ2v) is 4.34. The smallest absolute Gasteiger partial charge is 0.226 e. The van der Waals surface area contributed by atoms with E-state index in [1.165, 1.54) is 0 Å². The molecular weight excluding hydrogens is 252 g/mol. The lowest BCUT2D eigenvalue weighted by Crippen LogP contribution is -2.05. The van der Waals surface area contributed by atoms with Crippen molar-refractivity contribution >= 4 is 5.95 Å². The van der Waals surface area contributed by atoms with Gasteiger partial charge in [-0.2, -0.15) is 10.2 Å². The van der Waals surface area contributed by atoms with Crippen LogP contribution in [0.3, 0.4) is 0 Å². The average Bonchev–Trinajstić information content (AvgIpc) is 2.45. The summed E-state index contributed by atoms with van der Waals surface area (Å²) >= 11 is 0. The molecule has 5 heteroatoms.